The van der Waals surface area contributed by atoms with Crippen molar-refractivity contribution in [1.29, 1.82) is 0 Å². The number of alkyl halides is 3. The second kappa shape index (κ2) is 12.2. The van der Waals surface area contributed by atoms with Gasteiger partial charge >= 0.3 is 16.3 Å². The van der Waals surface area contributed by atoms with Gasteiger partial charge in [0.15, 0.2) is 0 Å². The largest absolute Gasteiger partial charge is 0.416 e. The Morgan fingerprint density at radius 3 is 2.21 bits per heavy atom. The van der Waals surface area contributed by atoms with Gasteiger partial charge in [0.05, 0.1) is 17.1 Å². The highest BCUT2D eigenvalue weighted by Gasteiger charge is 2.32. The summed E-state index contributed by atoms with van der Waals surface area (Å²) in [7, 11) is -7.27. The van der Waals surface area contributed by atoms with Crippen LogP contribution < -0.4 is 9.50 Å². The molecule has 0 spiro atoms. The molecule has 9 nitrogen and oxygen atoms in total. The van der Waals surface area contributed by atoms with Crippen LogP contribution in [-0.4, -0.2) is 47.3 Å². The molecule has 210 valence electrons. The lowest BCUT2D eigenvalue weighted by molar-refractivity contribution is -0.137. The molecule has 0 aliphatic carbocycles. The van der Waals surface area contributed by atoms with Crippen LogP contribution in [0.4, 0.5) is 18.9 Å². The van der Waals surface area contributed by atoms with Gasteiger partial charge < -0.3 is 14.2 Å². The number of carbonyl (C=O) groups excluding carboxylic acids is 1. The van der Waals surface area contributed by atoms with Gasteiger partial charge in [0.2, 0.25) is 15.9 Å². The first-order chi connectivity index (χ1) is 18.2. The molecular weight excluding hydrogens is 561 g/mol. The van der Waals surface area contributed by atoms with Crippen molar-refractivity contribution in [3.63, 3.8) is 0 Å². The number of rotatable bonds is 11. The number of sulfonamides is 1. The van der Waals surface area contributed by atoms with Gasteiger partial charge in [-0.3, -0.25) is 4.79 Å². The number of ether oxygens (including phenoxy) is 1. The number of hydrogen-bond donors (Lipinski definition) is 1. The molecule has 0 aliphatic rings. The molecule has 0 atom stereocenters. The second-order valence-corrected chi connectivity index (χ2v) is 11.7. The summed E-state index contributed by atoms with van der Waals surface area (Å²) in [6.45, 7) is 1.14. The molecule has 0 radical (unpaired) electrons. The lowest BCUT2D eigenvalue weighted by atomic mass is 10.2. The highest BCUT2D eigenvalue weighted by atomic mass is 32.2. The summed E-state index contributed by atoms with van der Waals surface area (Å²) in [6.07, 6.45) is -4.74. The second-order valence-electron chi connectivity index (χ2n) is 8.25. The minimum absolute atomic E-state index is 0.0418. The summed E-state index contributed by atoms with van der Waals surface area (Å²) in [5, 5.41) is 2.55. The zero-order chi connectivity index (χ0) is 28.8. The van der Waals surface area contributed by atoms with Crippen molar-refractivity contribution in [2.45, 2.75) is 29.4 Å². The number of carbonyl (C=O) groups is 1. The van der Waals surface area contributed by atoms with Crippen LogP contribution in [0.15, 0.2) is 82.6 Å². The zero-order valence-corrected chi connectivity index (χ0v) is 22.4. The Labute approximate surface area is 224 Å². The summed E-state index contributed by atoms with van der Waals surface area (Å²) >= 11 is 0. The smallest absolute Gasteiger partial charge is 0.383 e. The Morgan fingerprint density at radius 2 is 1.59 bits per heavy atom. The molecule has 0 saturated heterocycles. The lowest BCUT2D eigenvalue weighted by Gasteiger charge is -2.22. The number of methoxy groups -OCH3 is 1. The maximum Gasteiger partial charge on any atom is 0.416 e. The van der Waals surface area contributed by atoms with Crippen LogP contribution in [0.2, 0.25) is 0 Å². The average Bonchev–Trinajstić information content (AvgIpc) is 2.86. The number of hydrogen-bond acceptors (Lipinski definition) is 7. The third-order valence-electron chi connectivity index (χ3n) is 5.27. The van der Waals surface area contributed by atoms with E-state index < -0.39 is 36.8 Å². The van der Waals surface area contributed by atoms with Gasteiger partial charge in [-0.15, -0.1) is 0 Å². The molecule has 39 heavy (non-hydrogen) atoms. The molecule has 3 aromatic rings. The fraction of sp³-hybridized carbons (Fsp3) is 0.240. The van der Waals surface area contributed by atoms with Crippen LogP contribution in [0.25, 0.3) is 0 Å². The van der Waals surface area contributed by atoms with Crippen molar-refractivity contribution in [2.75, 3.05) is 25.6 Å². The number of benzene rings is 3. The zero-order valence-electron chi connectivity index (χ0n) is 20.8. The van der Waals surface area contributed by atoms with E-state index in [9.17, 15) is 34.8 Å². The van der Waals surface area contributed by atoms with Crippen molar-refractivity contribution in [3.05, 3.63) is 83.9 Å². The molecule has 14 heteroatoms. The van der Waals surface area contributed by atoms with Crippen molar-refractivity contribution < 1.29 is 43.7 Å². The van der Waals surface area contributed by atoms with E-state index in [-0.39, 0.29) is 36.2 Å². The van der Waals surface area contributed by atoms with Crippen LogP contribution in [0.3, 0.4) is 0 Å². The van der Waals surface area contributed by atoms with Gasteiger partial charge in [-0.05, 0) is 60.2 Å². The first kappa shape index (κ1) is 30.1. The Hall–Kier alpha value is -3.46. The van der Waals surface area contributed by atoms with E-state index in [0.717, 1.165) is 22.5 Å². The van der Waals surface area contributed by atoms with Crippen LogP contribution >= 0.6 is 0 Å². The summed E-state index contributed by atoms with van der Waals surface area (Å²) in [6, 6.07) is 14.2. The predicted octanol–water partition coefficient (Wildman–Crippen LogP) is 4.27. The van der Waals surface area contributed by atoms with E-state index in [4.69, 9.17) is 8.92 Å². The monoisotopic (exact) mass is 586 g/mol. The van der Waals surface area contributed by atoms with Gasteiger partial charge in [-0.2, -0.15) is 25.9 Å². The number of nitrogens with zero attached hydrogens (tertiary/aromatic N) is 1. The number of anilines is 1. The summed E-state index contributed by atoms with van der Waals surface area (Å²) in [5.74, 6) is -0.529. The minimum atomic E-state index is -4.74. The topological polar surface area (TPSA) is 119 Å². The normalized spacial score (nSPS) is 12.4. The molecule has 0 aromatic heterocycles. The third-order valence-corrected chi connectivity index (χ3v) is 8.37. The van der Waals surface area contributed by atoms with E-state index in [1.807, 2.05) is 0 Å². The van der Waals surface area contributed by atoms with Gasteiger partial charge in [0.1, 0.15) is 10.6 Å². The number of nitrogens with one attached hydrogen (secondary N) is 1. The molecule has 3 aromatic carbocycles. The highest BCUT2D eigenvalue weighted by molar-refractivity contribution is 7.89. The highest BCUT2D eigenvalue weighted by Crippen LogP contribution is 2.31. The Balaban J connectivity index is 1.85. The van der Waals surface area contributed by atoms with Crippen molar-refractivity contribution >= 4 is 31.7 Å². The van der Waals surface area contributed by atoms with Crippen LogP contribution in [0.1, 0.15) is 18.1 Å². The van der Waals surface area contributed by atoms with Crippen molar-refractivity contribution in [2.24, 2.45) is 0 Å². The maximum absolute atomic E-state index is 13.4. The first-order valence-electron chi connectivity index (χ1n) is 11.3. The molecule has 0 unspecified atom stereocenters. The molecule has 0 aliphatic heterocycles. The minimum Gasteiger partial charge on any atom is -0.383 e. The third kappa shape index (κ3) is 8.02. The van der Waals surface area contributed by atoms with Crippen LogP contribution in [-0.2, 0) is 42.4 Å². The van der Waals surface area contributed by atoms with E-state index in [0.29, 0.717) is 17.3 Å². The number of halogens is 3. The molecular formula is C25H25F3N2O7S2. The fourth-order valence-corrected chi connectivity index (χ4v) is 5.82. The van der Waals surface area contributed by atoms with Gasteiger partial charge in [0, 0.05) is 32.8 Å². The van der Waals surface area contributed by atoms with Crippen molar-refractivity contribution in [1.82, 2.24) is 4.31 Å². The maximum atomic E-state index is 13.4. The summed E-state index contributed by atoms with van der Waals surface area (Å²) in [5.41, 5.74) is -0.386. The Bertz CT molecular complexity index is 1530. The Kier molecular flexibility index (Phi) is 9.38. The van der Waals surface area contributed by atoms with E-state index in [1.165, 1.54) is 56.5 Å². The molecule has 0 saturated carbocycles. The quantitative estimate of drug-likeness (QED) is 0.334. The van der Waals surface area contributed by atoms with Gasteiger partial charge in [0.25, 0.3) is 0 Å². The molecule has 0 bridgehead atoms. The first-order valence-corrected chi connectivity index (χ1v) is 14.1. The molecule has 1 amide bonds. The Morgan fingerprint density at radius 1 is 0.923 bits per heavy atom. The van der Waals surface area contributed by atoms with Crippen LogP contribution in [0, 0.1) is 0 Å². The molecule has 3 rings (SSSR count). The van der Waals surface area contributed by atoms with Gasteiger partial charge in [-0.1, -0.05) is 18.2 Å². The van der Waals surface area contributed by atoms with E-state index in [2.05, 4.69) is 5.32 Å². The SMILES string of the molecule is COCCN(Cc1cccc(OS(=O)(=O)c2cccc(C(F)(F)F)c2)c1)S(=O)(=O)c1ccc(NC(C)=O)cc1. The average molecular weight is 587 g/mol. The van der Waals surface area contributed by atoms with Crippen LogP contribution in [0.5, 0.6) is 5.75 Å². The molecule has 0 heterocycles. The van der Waals surface area contributed by atoms with Crippen molar-refractivity contribution in [3.8, 4) is 5.75 Å². The summed E-state index contributed by atoms with van der Waals surface area (Å²) < 4.78 is 102. The summed E-state index contributed by atoms with van der Waals surface area (Å²) in [4.78, 5) is 10.5. The lowest BCUT2D eigenvalue weighted by Crippen LogP contribution is -2.33. The van der Waals surface area contributed by atoms with E-state index in [1.54, 1.807) is 6.07 Å². The number of amides is 1. The molecule has 0 fully saturated rings. The predicted molar refractivity (Wildman–Crippen MR) is 136 cm³/mol. The fourth-order valence-electron chi connectivity index (χ4n) is 3.44. The van der Waals surface area contributed by atoms with Gasteiger partial charge in [-0.25, -0.2) is 8.42 Å². The molecule has 1 N–H and O–H groups in total. The standard InChI is InChI=1S/C25H25F3N2O7S2/c1-18(31)29-21-9-11-23(12-10-21)38(32,33)30(13-14-36-2)17-19-5-3-7-22(15-19)37-39(34,35)24-8-4-6-20(16-24)25(26,27)28/h3-12,15-16H,13-14,17H2,1-2H3,(H,29,31). The van der Waals surface area contributed by atoms with E-state index >= 15 is 0 Å².